The number of ether oxygens (including phenoxy) is 4. The molecule has 0 N–H and O–H groups in total. The van der Waals surface area contributed by atoms with Crippen molar-refractivity contribution in [2.24, 2.45) is 0 Å². The van der Waals surface area contributed by atoms with E-state index < -0.39 is 50.5 Å². The van der Waals surface area contributed by atoms with Gasteiger partial charge in [-0.2, -0.15) is 0 Å². The fourth-order valence-electron chi connectivity index (χ4n) is 4.19. The first kappa shape index (κ1) is 26.7. The average molecular weight is 494 g/mol. The highest BCUT2D eigenvalue weighted by Gasteiger charge is 2.60. The molecule has 2 heterocycles. The first-order chi connectivity index (χ1) is 15.8. The van der Waals surface area contributed by atoms with E-state index in [1.54, 1.807) is 4.90 Å². The molecule has 0 aliphatic carbocycles. The zero-order valence-corrected chi connectivity index (χ0v) is 22.6. The van der Waals surface area contributed by atoms with Gasteiger partial charge in [-0.15, -0.1) is 0 Å². The molecule has 1 aromatic carbocycles. The molecule has 0 radical (unpaired) electrons. The van der Waals surface area contributed by atoms with Crippen LogP contribution < -0.4 is 0 Å². The molecule has 0 bridgehead atoms. The molecule has 0 unspecified atom stereocenters. The van der Waals surface area contributed by atoms with E-state index in [2.05, 4.69) is 33.9 Å². The van der Waals surface area contributed by atoms with Gasteiger partial charge in [0.15, 0.2) is 14.1 Å². The van der Waals surface area contributed by atoms with E-state index >= 15 is 0 Å². The summed E-state index contributed by atoms with van der Waals surface area (Å²) in [6, 6.07) is 8.43. The first-order valence-corrected chi connectivity index (χ1v) is 14.7. The number of hydrogen-bond acceptors (Lipinski definition) is 7. The maximum atomic E-state index is 13.4. The summed E-state index contributed by atoms with van der Waals surface area (Å²) < 4.78 is 29.5. The Morgan fingerprint density at radius 1 is 1.06 bits per heavy atom. The van der Waals surface area contributed by atoms with E-state index in [9.17, 15) is 9.59 Å². The second-order valence-electron chi connectivity index (χ2n) is 11.0. The van der Waals surface area contributed by atoms with Crippen LogP contribution in [0, 0.1) is 0 Å². The third kappa shape index (κ3) is 5.82. The van der Waals surface area contributed by atoms with Crippen molar-refractivity contribution in [3.8, 4) is 0 Å². The second kappa shape index (κ2) is 9.97. The Morgan fingerprint density at radius 2 is 1.65 bits per heavy atom. The van der Waals surface area contributed by atoms with Crippen molar-refractivity contribution < 1.29 is 33.0 Å². The van der Waals surface area contributed by atoms with Gasteiger partial charge in [-0.1, -0.05) is 51.1 Å². The minimum Gasteiger partial charge on any atom is -0.469 e. The van der Waals surface area contributed by atoms with Crippen LogP contribution in [0.3, 0.4) is 0 Å². The number of methoxy groups -OCH3 is 1. The molecule has 8 nitrogen and oxygen atoms in total. The van der Waals surface area contributed by atoms with Crippen molar-refractivity contribution in [3.05, 3.63) is 35.9 Å². The molecule has 2 saturated heterocycles. The highest BCUT2D eigenvalue weighted by molar-refractivity contribution is 6.74. The van der Waals surface area contributed by atoms with Crippen molar-refractivity contribution in [1.82, 2.24) is 4.90 Å². The van der Waals surface area contributed by atoms with Gasteiger partial charge in [0.1, 0.15) is 18.8 Å². The summed E-state index contributed by atoms with van der Waals surface area (Å²) in [6.07, 6.45) is -1.49. The molecule has 1 amide bonds. The van der Waals surface area contributed by atoms with Gasteiger partial charge in [-0.05, 0) is 37.5 Å². The molecule has 0 spiro atoms. The number of esters is 1. The van der Waals surface area contributed by atoms with Gasteiger partial charge >= 0.3 is 12.1 Å². The smallest absolute Gasteiger partial charge is 0.410 e. The summed E-state index contributed by atoms with van der Waals surface area (Å²) >= 11 is 0. The van der Waals surface area contributed by atoms with Gasteiger partial charge in [-0.3, -0.25) is 9.69 Å². The van der Waals surface area contributed by atoms with Crippen LogP contribution in [0.5, 0.6) is 0 Å². The number of hydrogen-bond donors (Lipinski definition) is 0. The zero-order valence-electron chi connectivity index (χ0n) is 21.6. The lowest BCUT2D eigenvalue weighted by Crippen LogP contribution is -2.51. The Hall–Kier alpha value is -1.94. The molecule has 2 aliphatic rings. The fraction of sp³-hybridized carbons (Fsp3) is 0.680. The largest absolute Gasteiger partial charge is 0.469 e. The molecular formula is C25H39NO7Si. The first-order valence-electron chi connectivity index (χ1n) is 11.8. The molecule has 34 heavy (non-hydrogen) atoms. The lowest BCUT2D eigenvalue weighted by Gasteiger charge is -2.39. The quantitative estimate of drug-likeness (QED) is 0.409. The van der Waals surface area contributed by atoms with Crippen molar-refractivity contribution in [1.29, 1.82) is 0 Å². The number of rotatable bonds is 7. The van der Waals surface area contributed by atoms with Crippen LogP contribution in [-0.2, 0) is 34.8 Å². The molecule has 0 aromatic heterocycles. The van der Waals surface area contributed by atoms with Gasteiger partial charge in [-0.25, -0.2) is 4.79 Å². The number of benzene rings is 1. The standard InChI is InChI=1S/C25H39NO7Si/c1-24(2,3)34(7,8)31-16-19-22-21(32-25(4,5)33-22)18(14-20(27)29-6)26(19)23(28)30-15-17-12-10-9-11-13-17/h9-13,18-19,21-22H,14-16H2,1-8H3/t18-,19+,21-,22+/m1/s1. The minimum absolute atomic E-state index is 0.00136. The van der Waals surface area contributed by atoms with Gasteiger partial charge in [0.25, 0.3) is 0 Å². The Bertz CT molecular complexity index is 868. The topological polar surface area (TPSA) is 83.5 Å². The number of carbonyl (C=O) groups excluding carboxylic acids is 2. The van der Waals surface area contributed by atoms with Gasteiger partial charge in [0, 0.05) is 0 Å². The number of nitrogens with zero attached hydrogens (tertiary/aromatic N) is 1. The van der Waals surface area contributed by atoms with E-state index in [1.807, 2.05) is 44.2 Å². The van der Waals surface area contributed by atoms with Gasteiger partial charge < -0.3 is 23.4 Å². The SMILES string of the molecule is COC(=O)C[C@@H]1[C@H]2OC(C)(C)O[C@H]2[C@H](CO[Si](C)(C)C(C)(C)C)N1C(=O)OCc1ccccc1. The Morgan fingerprint density at radius 3 is 2.21 bits per heavy atom. The molecule has 2 fully saturated rings. The van der Waals surface area contributed by atoms with Crippen LogP contribution in [0.2, 0.25) is 18.1 Å². The molecular weight excluding hydrogens is 454 g/mol. The van der Waals surface area contributed by atoms with Crippen LogP contribution in [-0.4, -0.2) is 69.1 Å². The average Bonchev–Trinajstić information content (AvgIpc) is 3.21. The maximum absolute atomic E-state index is 13.4. The second-order valence-corrected chi connectivity index (χ2v) is 15.8. The van der Waals surface area contributed by atoms with E-state index in [0.717, 1.165) is 5.56 Å². The van der Waals surface area contributed by atoms with Crippen molar-refractivity contribution in [3.63, 3.8) is 0 Å². The number of amides is 1. The predicted molar refractivity (Wildman–Crippen MR) is 130 cm³/mol. The number of likely N-dealkylation sites (tertiary alicyclic amines) is 1. The van der Waals surface area contributed by atoms with E-state index in [-0.39, 0.29) is 24.7 Å². The van der Waals surface area contributed by atoms with Crippen molar-refractivity contribution in [2.75, 3.05) is 13.7 Å². The third-order valence-electron chi connectivity index (χ3n) is 7.08. The summed E-state index contributed by atoms with van der Waals surface area (Å²) in [7, 11) is -0.781. The molecule has 0 saturated carbocycles. The van der Waals surface area contributed by atoms with Crippen LogP contribution in [0.25, 0.3) is 0 Å². The molecule has 4 atom stereocenters. The molecule has 3 rings (SSSR count). The van der Waals surface area contributed by atoms with Crippen LogP contribution in [0.15, 0.2) is 30.3 Å². The molecule has 9 heteroatoms. The number of carbonyl (C=O) groups is 2. The zero-order chi connectivity index (χ0) is 25.3. The normalized spacial score (nSPS) is 26.3. The molecule has 1 aromatic rings. The van der Waals surface area contributed by atoms with E-state index in [4.69, 9.17) is 23.4 Å². The summed E-state index contributed by atoms with van der Waals surface area (Å²) in [6.45, 7) is 14.9. The lowest BCUT2D eigenvalue weighted by molar-refractivity contribution is -0.170. The van der Waals surface area contributed by atoms with Gasteiger partial charge in [0.05, 0.1) is 32.2 Å². The fourth-order valence-corrected chi connectivity index (χ4v) is 5.21. The maximum Gasteiger partial charge on any atom is 0.410 e. The summed E-state index contributed by atoms with van der Waals surface area (Å²) in [4.78, 5) is 27.3. The van der Waals surface area contributed by atoms with Crippen LogP contribution in [0.4, 0.5) is 4.79 Å². The predicted octanol–water partition coefficient (Wildman–Crippen LogP) is 4.48. The van der Waals surface area contributed by atoms with Crippen molar-refractivity contribution in [2.45, 2.75) is 95.9 Å². The Labute approximate surface area is 204 Å². The Balaban J connectivity index is 1.88. The highest BCUT2D eigenvalue weighted by atomic mass is 28.4. The summed E-state index contributed by atoms with van der Waals surface area (Å²) in [5.41, 5.74) is 0.877. The van der Waals surface area contributed by atoms with E-state index in [1.165, 1.54) is 7.11 Å². The Kier molecular flexibility index (Phi) is 7.81. The monoisotopic (exact) mass is 493 g/mol. The highest BCUT2D eigenvalue weighted by Crippen LogP contribution is 2.43. The minimum atomic E-state index is -2.12. The summed E-state index contributed by atoms with van der Waals surface area (Å²) in [5.74, 6) is -1.26. The lowest BCUT2D eigenvalue weighted by atomic mass is 10.1. The van der Waals surface area contributed by atoms with Crippen molar-refractivity contribution >= 4 is 20.4 Å². The molecule has 2 aliphatic heterocycles. The molecule has 190 valence electrons. The van der Waals surface area contributed by atoms with E-state index in [0.29, 0.717) is 0 Å². The van der Waals surface area contributed by atoms with Crippen LogP contribution >= 0.6 is 0 Å². The van der Waals surface area contributed by atoms with Gasteiger partial charge in [0.2, 0.25) is 0 Å². The third-order valence-corrected chi connectivity index (χ3v) is 11.6. The number of fused-ring (bicyclic) bond motifs is 1. The summed E-state index contributed by atoms with van der Waals surface area (Å²) in [5, 5.41) is 0.00136. The van der Waals surface area contributed by atoms with Crippen LogP contribution in [0.1, 0.15) is 46.6 Å².